The van der Waals surface area contributed by atoms with Crippen LogP contribution in [0, 0.1) is 5.92 Å². The molecule has 1 fully saturated rings. The van der Waals surface area contributed by atoms with Crippen molar-refractivity contribution in [3.8, 4) is 0 Å². The average molecular weight is 192 g/mol. The molecule has 0 aromatic carbocycles. The maximum Gasteiger partial charge on any atom is 0.264 e. The van der Waals surface area contributed by atoms with Crippen molar-refractivity contribution >= 4 is 10.1 Å². The van der Waals surface area contributed by atoms with Gasteiger partial charge in [0.05, 0.1) is 12.4 Å². The fourth-order valence-electron chi connectivity index (χ4n) is 1.71. The van der Waals surface area contributed by atoms with E-state index in [1.54, 1.807) is 0 Å². The first-order valence-corrected chi connectivity index (χ1v) is 6.17. The molecule has 0 unspecified atom stereocenters. The van der Waals surface area contributed by atoms with Crippen molar-refractivity contribution < 1.29 is 12.6 Å². The van der Waals surface area contributed by atoms with Gasteiger partial charge in [0.25, 0.3) is 10.1 Å². The lowest BCUT2D eigenvalue weighted by atomic mass is 9.89. The summed E-state index contributed by atoms with van der Waals surface area (Å²) in [5, 5.41) is 0. The van der Waals surface area contributed by atoms with Crippen molar-refractivity contribution in [3.63, 3.8) is 0 Å². The Morgan fingerprint density at radius 1 is 1.33 bits per heavy atom. The fourth-order valence-corrected chi connectivity index (χ4v) is 2.38. The van der Waals surface area contributed by atoms with Gasteiger partial charge < -0.3 is 0 Å². The highest BCUT2D eigenvalue weighted by molar-refractivity contribution is 7.86. The van der Waals surface area contributed by atoms with Gasteiger partial charge in [0.2, 0.25) is 0 Å². The van der Waals surface area contributed by atoms with Gasteiger partial charge in [-0.05, 0) is 18.8 Å². The topological polar surface area (TPSA) is 43.4 Å². The van der Waals surface area contributed by atoms with Crippen molar-refractivity contribution in [1.29, 1.82) is 0 Å². The van der Waals surface area contributed by atoms with Gasteiger partial charge >= 0.3 is 0 Å². The smallest absolute Gasteiger partial charge is 0.264 e. The van der Waals surface area contributed by atoms with Gasteiger partial charge in [-0.3, -0.25) is 4.18 Å². The summed E-state index contributed by atoms with van der Waals surface area (Å²) in [4.78, 5) is 0. The third-order valence-electron chi connectivity index (χ3n) is 2.20. The predicted molar refractivity (Wildman–Crippen MR) is 47.3 cm³/mol. The molecular weight excluding hydrogens is 176 g/mol. The zero-order valence-corrected chi connectivity index (χ0v) is 8.43. The lowest BCUT2D eigenvalue weighted by molar-refractivity contribution is 0.137. The van der Waals surface area contributed by atoms with Gasteiger partial charge in [0, 0.05) is 0 Å². The van der Waals surface area contributed by atoms with Crippen LogP contribution in [0.1, 0.15) is 32.6 Å². The standard InChI is InChI=1S/C8H16O3S/c1-7-4-3-5-8(6-7)11-12(2,9)10/h7-8H,3-6H2,1-2H3/t7-,8-/m1/s1. The molecule has 1 aliphatic carbocycles. The van der Waals surface area contributed by atoms with Crippen molar-refractivity contribution in [1.82, 2.24) is 0 Å². The minimum Gasteiger partial charge on any atom is -0.267 e. The molecule has 1 aliphatic rings. The van der Waals surface area contributed by atoms with Gasteiger partial charge in [-0.15, -0.1) is 0 Å². The Morgan fingerprint density at radius 3 is 2.50 bits per heavy atom. The molecule has 0 aliphatic heterocycles. The highest BCUT2D eigenvalue weighted by Crippen LogP contribution is 2.26. The molecule has 3 nitrogen and oxygen atoms in total. The van der Waals surface area contributed by atoms with E-state index in [4.69, 9.17) is 4.18 Å². The van der Waals surface area contributed by atoms with E-state index in [1.165, 1.54) is 6.42 Å². The molecule has 12 heavy (non-hydrogen) atoms. The molecule has 0 saturated heterocycles. The molecule has 1 saturated carbocycles. The molecule has 0 amide bonds. The van der Waals surface area contributed by atoms with Gasteiger partial charge in [-0.25, -0.2) is 0 Å². The second-order valence-electron chi connectivity index (χ2n) is 3.69. The molecule has 4 heteroatoms. The van der Waals surface area contributed by atoms with Crippen molar-refractivity contribution in [2.45, 2.75) is 38.7 Å². The molecule has 0 spiro atoms. The van der Waals surface area contributed by atoms with Crippen LogP contribution in [-0.2, 0) is 14.3 Å². The first-order chi connectivity index (χ1) is 5.47. The molecule has 1 rings (SSSR count). The van der Waals surface area contributed by atoms with E-state index in [2.05, 4.69) is 6.92 Å². The summed E-state index contributed by atoms with van der Waals surface area (Å²) in [6, 6.07) is 0. The average Bonchev–Trinajstić information content (AvgIpc) is 1.82. The van der Waals surface area contributed by atoms with Gasteiger partial charge in [0.15, 0.2) is 0 Å². The lowest BCUT2D eigenvalue weighted by Gasteiger charge is -2.25. The Balaban J connectivity index is 2.43. The normalized spacial score (nSPS) is 31.8. The minimum atomic E-state index is -3.25. The quantitative estimate of drug-likeness (QED) is 0.623. The van der Waals surface area contributed by atoms with Crippen LogP contribution in [0.25, 0.3) is 0 Å². The molecule has 2 atom stereocenters. The van der Waals surface area contributed by atoms with Crippen LogP contribution >= 0.6 is 0 Å². The second kappa shape index (κ2) is 3.75. The maximum absolute atomic E-state index is 10.8. The number of hydrogen-bond acceptors (Lipinski definition) is 3. The summed E-state index contributed by atoms with van der Waals surface area (Å²) in [6.45, 7) is 2.14. The Kier molecular flexibility index (Phi) is 3.12. The fraction of sp³-hybridized carbons (Fsp3) is 1.00. The van der Waals surface area contributed by atoms with Crippen LogP contribution in [0.15, 0.2) is 0 Å². The molecule has 0 radical (unpaired) electrons. The predicted octanol–water partition coefficient (Wildman–Crippen LogP) is 1.54. The number of rotatable bonds is 2. The summed E-state index contributed by atoms with van der Waals surface area (Å²) in [7, 11) is -3.25. The molecular formula is C8H16O3S. The van der Waals surface area contributed by atoms with E-state index < -0.39 is 10.1 Å². The van der Waals surface area contributed by atoms with Gasteiger partial charge in [0.1, 0.15) is 0 Å². The van der Waals surface area contributed by atoms with E-state index >= 15 is 0 Å². The van der Waals surface area contributed by atoms with E-state index in [-0.39, 0.29) is 6.10 Å². The molecule has 0 aromatic heterocycles. The largest absolute Gasteiger partial charge is 0.267 e. The van der Waals surface area contributed by atoms with E-state index in [0.717, 1.165) is 25.5 Å². The van der Waals surface area contributed by atoms with Crippen LogP contribution in [0.3, 0.4) is 0 Å². The summed E-state index contributed by atoms with van der Waals surface area (Å²) < 4.78 is 26.5. The van der Waals surface area contributed by atoms with Crippen LogP contribution in [0.5, 0.6) is 0 Å². The van der Waals surface area contributed by atoms with Crippen LogP contribution < -0.4 is 0 Å². The van der Waals surface area contributed by atoms with Crippen LogP contribution in [-0.4, -0.2) is 20.8 Å². The number of hydrogen-bond donors (Lipinski definition) is 0. The monoisotopic (exact) mass is 192 g/mol. The summed E-state index contributed by atoms with van der Waals surface area (Å²) in [6.07, 6.45) is 5.10. The molecule has 0 N–H and O–H groups in total. The molecule has 0 bridgehead atoms. The summed E-state index contributed by atoms with van der Waals surface area (Å²) in [5.41, 5.74) is 0. The minimum absolute atomic E-state index is 0.0660. The van der Waals surface area contributed by atoms with Crippen molar-refractivity contribution in [2.24, 2.45) is 5.92 Å². The molecule has 0 heterocycles. The highest BCUT2D eigenvalue weighted by Gasteiger charge is 2.22. The van der Waals surface area contributed by atoms with E-state index in [1.807, 2.05) is 0 Å². The van der Waals surface area contributed by atoms with Crippen molar-refractivity contribution in [3.05, 3.63) is 0 Å². The first kappa shape index (κ1) is 9.99. The first-order valence-electron chi connectivity index (χ1n) is 4.35. The zero-order chi connectivity index (χ0) is 9.19. The van der Waals surface area contributed by atoms with Crippen LogP contribution in [0.2, 0.25) is 0 Å². The van der Waals surface area contributed by atoms with Crippen molar-refractivity contribution in [2.75, 3.05) is 6.26 Å². The zero-order valence-electron chi connectivity index (χ0n) is 7.62. The van der Waals surface area contributed by atoms with Gasteiger partial charge in [-0.1, -0.05) is 19.8 Å². The van der Waals surface area contributed by atoms with E-state index in [0.29, 0.717) is 5.92 Å². The lowest BCUT2D eigenvalue weighted by Crippen LogP contribution is -2.23. The van der Waals surface area contributed by atoms with Gasteiger partial charge in [-0.2, -0.15) is 8.42 Å². The Labute approximate surface area is 74.2 Å². The SMILES string of the molecule is C[C@@H]1CCC[C@@H](OS(C)(=O)=O)C1. The maximum atomic E-state index is 10.8. The summed E-state index contributed by atoms with van der Waals surface area (Å²) in [5.74, 6) is 0.602. The van der Waals surface area contributed by atoms with Crippen LogP contribution in [0.4, 0.5) is 0 Å². The Bertz CT molecular complexity index is 233. The Morgan fingerprint density at radius 2 is 2.00 bits per heavy atom. The third kappa shape index (κ3) is 3.54. The Hall–Kier alpha value is -0.0900. The summed E-state index contributed by atoms with van der Waals surface area (Å²) >= 11 is 0. The molecule has 72 valence electrons. The van der Waals surface area contributed by atoms with E-state index in [9.17, 15) is 8.42 Å². The second-order valence-corrected chi connectivity index (χ2v) is 5.29. The molecule has 0 aromatic rings. The highest BCUT2D eigenvalue weighted by atomic mass is 32.2. The third-order valence-corrected chi connectivity index (χ3v) is 2.82.